The zero-order valence-electron chi connectivity index (χ0n) is 17.6. The van der Waals surface area contributed by atoms with Crippen molar-refractivity contribution < 1.29 is 17.6 Å². The number of sulfonamides is 1. The van der Waals surface area contributed by atoms with Gasteiger partial charge in [0.1, 0.15) is 5.82 Å². The highest BCUT2D eigenvalue weighted by atomic mass is 35.5. The van der Waals surface area contributed by atoms with Crippen LogP contribution in [-0.2, 0) is 16.6 Å². The molecule has 1 heterocycles. The Bertz CT molecular complexity index is 1150. The number of amides is 1. The van der Waals surface area contributed by atoms with E-state index in [4.69, 9.17) is 23.2 Å². The van der Waals surface area contributed by atoms with Gasteiger partial charge in [-0.1, -0.05) is 29.3 Å². The molecule has 2 aromatic carbocycles. The van der Waals surface area contributed by atoms with E-state index in [1.54, 1.807) is 0 Å². The second-order valence-corrected chi connectivity index (χ2v) is 11.1. The first-order chi connectivity index (χ1) is 15.1. The van der Waals surface area contributed by atoms with Crippen molar-refractivity contribution in [3.8, 4) is 0 Å². The van der Waals surface area contributed by atoms with Gasteiger partial charge in [-0.05, 0) is 55.2 Å². The Balaban J connectivity index is 1.39. The zero-order valence-corrected chi connectivity index (χ0v) is 19.9. The van der Waals surface area contributed by atoms with E-state index in [9.17, 15) is 17.6 Å². The molecule has 0 spiro atoms. The number of aryl methyl sites for hydroxylation is 1. The number of carbonyl (C=O) groups is 1. The molecule has 1 saturated heterocycles. The van der Waals surface area contributed by atoms with Crippen LogP contribution in [0.3, 0.4) is 0 Å². The molecule has 0 unspecified atom stereocenters. The molecule has 4 rings (SSSR count). The molecule has 172 valence electrons. The molecule has 1 aliphatic heterocycles. The van der Waals surface area contributed by atoms with Gasteiger partial charge in [0, 0.05) is 48.5 Å². The fourth-order valence-corrected chi connectivity index (χ4v) is 5.40. The Labute approximate surface area is 197 Å². The SMILES string of the molecule is Cc1ccc(N2CCN(Cc3cc(F)c(C(=O)NS(=O)(=O)C4CC4)cc3Cl)CC2)cc1Cl. The van der Waals surface area contributed by atoms with Crippen LogP contribution in [0.25, 0.3) is 0 Å². The quantitative estimate of drug-likeness (QED) is 0.650. The molecule has 10 heteroatoms. The van der Waals surface area contributed by atoms with Crippen molar-refractivity contribution in [1.29, 1.82) is 0 Å². The standard InChI is InChI=1S/C22H24Cl2FN3O3S/c1-14-2-3-16(11-19(14)23)28-8-6-27(7-9-28)13-15-10-21(25)18(12-20(15)24)22(29)26-32(30,31)17-4-5-17/h2-3,10-12,17H,4-9,13H2,1H3,(H,26,29). The van der Waals surface area contributed by atoms with Crippen molar-refractivity contribution >= 4 is 44.8 Å². The maximum Gasteiger partial charge on any atom is 0.267 e. The number of anilines is 1. The third-order valence-corrected chi connectivity index (χ3v) is 8.44. The topological polar surface area (TPSA) is 69.7 Å². The molecule has 2 aromatic rings. The lowest BCUT2D eigenvalue weighted by Crippen LogP contribution is -2.46. The molecule has 1 N–H and O–H groups in total. The summed E-state index contributed by atoms with van der Waals surface area (Å²) in [5, 5.41) is 0.396. The molecular weight excluding hydrogens is 476 g/mol. The van der Waals surface area contributed by atoms with E-state index < -0.39 is 27.0 Å². The predicted molar refractivity (Wildman–Crippen MR) is 124 cm³/mol. The summed E-state index contributed by atoms with van der Waals surface area (Å²) in [4.78, 5) is 16.7. The molecule has 6 nitrogen and oxygen atoms in total. The number of benzene rings is 2. The fourth-order valence-electron chi connectivity index (χ4n) is 3.71. The van der Waals surface area contributed by atoms with Crippen molar-refractivity contribution in [2.45, 2.75) is 31.6 Å². The lowest BCUT2D eigenvalue weighted by atomic mass is 10.1. The minimum atomic E-state index is -3.76. The second-order valence-electron chi connectivity index (χ2n) is 8.30. The number of piperazine rings is 1. The maximum absolute atomic E-state index is 14.6. The van der Waals surface area contributed by atoms with Gasteiger partial charge in [-0.15, -0.1) is 0 Å². The Kier molecular flexibility index (Phi) is 6.68. The molecule has 0 aromatic heterocycles. The van der Waals surface area contributed by atoms with E-state index in [0.29, 0.717) is 24.9 Å². The van der Waals surface area contributed by atoms with E-state index >= 15 is 0 Å². The number of nitrogens with zero attached hydrogens (tertiary/aromatic N) is 2. The molecule has 1 saturated carbocycles. The minimum absolute atomic E-state index is 0.230. The van der Waals surface area contributed by atoms with Crippen molar-refractivity contribution in [1.82, 2.24) is 9.62 Å². The average Bonchev–Trinajstić information content (AvgIpc) is 3.59. The van der Waals surface area contributed by atoms with Crippen LogP contribution in [0.1, 0.15) is 34.3 Å². The monoisotopic (exact) mass is 499 g/mol. The maximum atomic E-state index is 14.6. The summed E-state index contributed by atoms with van der Waals surface area (Å²) in [5.74, 6) is -1.78. The average molecular weight is 500 g/mol. The highest BCUT2D eigenvalue weighted by molar-refractivity contribution is 7.91. The Morgan fingerprint density at radius 2 is 1.78 bits per heavy atom. The largest absolute Gasteiger partial charge is 0.369 e. The Morgan fingerprint density at radius 1 is 1.09 bits per heavy atom. The summed E-state index contributed by atoms with van der Waals surface area (Å²) in [6.45, 7) is 5.49. The highest BCUT2D eigenvalue weighted by Gasteiger charge is 2.37. The van der Waals surface area contributed by atoms with Crippen molar-refractivity contribution in [3.05, 3.63) is 62.9 Å². The van der Waals surface area contributed by atoms with Crippen LogP contribution < -0.4 is 9.62 Å². The van der Waals surface area contributed by atoms with Crippen molar-refractivity contribution in [2.75, 3.05) is 31.1 Å². The molecule has 1 aliphatic carbocycles. The van der Waals surface area contributed by atoms with E-state index in [0.717, 1.165) is 42.5 Å². The molecule has 0 radical (unpaired) electrons. The third kappa shape index (κ3) is 5.20. The number of carbonyl (C=O) groups excluding carboxylic acids is 1. The van der Waals surface area contributed by atoms with Crippen LogP contribution in [0.4, 0.5) is 10.1 Å². The smallest absolute Gasteiger partial charge is 0.267 e. The summed E-state index contributed by atoms with van der Waals surface area (Å²) in [6.07, 6.45) is 1.02. The van der Waals surface area contributed by atoms with Crippen LogP contribution in [-0.4, -0.2) is 50.7 Å². The summed E-state index contributed by atoms with van der Waals surface area (Å²) >= 11 is 12.6. The van der Waals surface area contributed by atoms with Crippen LogP contribution >= 0.6 is 23.2 Å². The van der Waals surface area contributed by atoms with Crippen LogP contribution in [0.15, 0.2) is 30.3 Å². The first-order valence-corrected chi connectivity index (χ1v) is 12.7. The van der Waals surface area contributed by atoms with Gasteiger partial charge in [-0.2, -0.15) is 0 Å². The van der Waals surface area contributed by atoms with E-state index in [2.05, 4.69) is 15.9 Å². The Morgan fingerprint density at radius 3 is 2.41 bits per heavy atom. The third-order valence-electron chi connectivity index (χ3n) is 5.87. The lowest BCUT2D eigenvalue weighted by Gasteiger charge is -2.36. The second kappa shape index (κ2) is 9.17. The first-order valence-electron chi connectivity index (χ1n) is 10.4. The van der Waals surface area contributed by atoms with Crippen molar-refractivity contribution in [3.63, 3.8) is 0 Å². The summed E-state index contributed by atoms with van der Waals surface area (Å²) in [5.41, 5.74) is 2.29. The summed E-state index contributed by atoms with van der Waals surface area (Å²) < 4.78 is 40.5. The highest BCUT2D eigenvalue weighted by Crippen LogP contribution is 2.29. The number of hydrogen-bond acceptors (Lipinski definition) is 5. The molecule has 2 aliphatic rings. The van der Waals surface area contributed by atoms with Crippen molar-refractivity contribution in [2.24, 2.45) is 0 Å². The number of halogens is 3. The van der Waals surface area contributed by atoms with Gasteiger partial charge >= 0.3 is 0 Å². The van der Waals surface area contributed by atoms with Gasteiger partial charge < -0.3 is 4.90 Å². The number of nitrogens with one attached hydrogen (secondary N) is 1. The van der Waals surface area contributed by atoms with Gasteiger partial charge in [0.2, 0.25) is 10.0 Å². The molecule has 2 fully saturated rings. The van der Waals surface area contributed by atoms with E-state index in [-0.39, 0.29) is 10.6 Å². The van der Waals surface area contributed by atoms with Gasteiger partial charge in [-0.25, -0.2) is 17.5 Å². The fraction of sp³-hybridized carbons (Fsp3) is 0.409. The van der Waals surface area contributed by atoms with Gasteiger partial charge in [0.15, 0.2) is 0 Å². The van der Waals surface area contributed by atoms with Crippen LogP contribution in [0.5, 0.6) is 0 Å². The summed E-state index contributed by atoms with van der Waals surface area (Å²) in [6, 6.07) is 8.43. The predicted octanol–water partition coefficient (Wildman–Crippen LogP) is 3.99. The van der Waals surface area contributed by atoms with E-state index in [1.165, 1.54) is 12.1 Å². The van der Waals surface area contributed by atoms with Crippen LogP contribution in [0.2, 0.25) is 10.0 Å². The molecule has 32 heavy (non-hydrogen) atoms. The summed E-state index contributed by atoms with van der Waals surface area (Å²) in [7, 11) is -3.76. The van der Waals surface area contributed by atoms with Gasteiger partial charge in [0.05, 0.1) is 10.8 Å². The number of rotatable bonds is 6. The number of hydrogen-bond donors (Lipinski definition) is 1. The zero-order chi connectivity index (χ0) is 23.0. The molecule has 1 amide bonds. The first kappa shape index (κ1) is 23.3. The molecular formula is C22H24Cl2FN3O3S. The van der Waals surface area contributed by atoms with E-state index in [1.807, 2.05) is 23.8 Å². The van der Waals surface area contributed by atoms with Crippen LogP contribution in [0, 0.1) is 12.7 Å². The minimum Gasteiger partial charge on any atom is -0.369 e. The normalized spacial score (nSPS) is 17.4. The van der Waals surface area contributed by atoms with Gasteiger partial charge in [0.25, 0.3) is 5.91 Å². The molecule has 0 atom stereocenters. The Hall–Kier alpha value is -1.87. The molecule has 0 bridgehead atoms. The lowest BCUT2D eigenvalue weighted by molar-refractivity contribution is 0.0977. The van der Waals surface area contributed by atoms with Gasteiger partial charge in [-0.3, -0.25) is 9.69 Å².